The summed E-state index contributed by atoms with van der Waals surface area (Å²) in [6.07, 6.45) is 0. The Kier molecular flexibility index (Phi) is 5.34. The quantitative estimate of drug-likeness (QED) is 0.475. The van der Waals surface area contributed by atoms with Crippen molar-refractivity contribution in [1.82, 2.24) is 15.1 Å². The molecule has 0 fully saturated rings. The lowest BCUT2D eigenvalue weighted by molar-refractivity contribution is -0.126. The van der Waals surface area contributed by atoms with Gasteiger partial charge in [0.2, 0.25) is 5.91 Å². The fraction of sp³-hybridized carbons (Fsp3) is 0.192. The fourth-order valence-electron chi connectivity index (χ4n) is 4.19. The SMILES string of the molecule is Cc1ccc(N2C(=O)c3cc(-c4cccs4)nn3C[C@]2(C)C(=O)NCc2ccccc2)cc1. The number of carbonyl (C=O) groups excluding carboxylic acids is 2. The second-order valence-corrected chi connectivity index (χ2v) is 9.42. The summed E-state index contributed by atoms with van der Waals surface area (Å²) in [5.74, 6) is -0.461. The molecule has 0 unspecified atom stereocenters. The number of hydrogen-bond acceptors (Lipinski definition) is 4. The minimum Gasteiger partial charge on any atom is -0.350 e. The number of carbonyl (C=O) groups is 2. The van der Waals surface area contributed by atoms with Gasteiger partial charge in [0.05, 0.1) is 11.4 Å². The van der Waals surface area contributed by atoms with E-state index in [9.17, 15) is 9.59 Å². The smallest absolute Gasteiger partial charge is 0.277 e. The Morgan fingerprint density at radius 2 is 1.85 bits per heavy atom. The van der Waals surface area contributed by atoms with Crippen LogP contribution in [0.5, 0.6) is 0 Å². The van der Waals surface area contributed by atoms with Gasteiger partial charge in [0, 0.05) is 12.2 Å². The van der Waals surface area contributed by atoms with Crippen molar-refractivity contribution in [1.29, 1.82) is 0 Å². The zero-order valence-electron chi connectivity index (χ0n) is 18.5. The van der Waals surface area contributed by atoms with Crippen LogP contribution in [0.2, 0.25) is 0 Å². The number of benzene rings is 2. The second-order valence-electron chi connectivity index (χ2n) is 8.47. The van der Waals surface area contributed by atoms with Crippen LogP contribution in [0.1, 0.15) is 28.5 Å². The predicted octanol–water partition coefficient (Wildman–Crippen LogP) is 4.66. The number of anilines is 1. The van der Waals surface area contributed by atoms with Gasteiger partial charge in [0.1, 0.15) is 16.9 Å². The van der Waals surface area contributed by atoms with Gasteiger partial charge in [-0.25, -0.2) is 0 Å². The number of hydrogen-bond donors (Lipinski definition) is 1. The van der Waals surface area contributed by atoms with Crippen molar-refractivity contribution in [3.05, 3.63) is 95.0 Å². The second kappa shape index (κ2) is 8.33. The molecule has 166 valence electrons. The van der Waals surface area contributed by atoms with Crippen LogP contribution < -0.4 is 10.2 Å². The maximum Gasteiger partial charge on any atom is 0.277 e. The monoisotopic (exact) mass is 456 g/mol. The summed E-state index contributed by atoms with van der Waals surface area (Å²) in [5, 5.41) is 9.70. The van der Waals surface area contributed by atoms with E-state index in [0.29, 0.717) is 17.9 Å². The summed E-state index contributed by atoms with van der Waals surface area (Å²) < 4.78 is 1.67. The van der Waals surface area contributed by atoms with E-state index >= 15 is 0 Å². The number of rotatable bonds is 5. The standard InChI is InChI=1S/C26H24N4O2S/c1-18-10-12-20(13-11-18)30-24(31)22-15-21(23-9-6-14-33-23)28-29(22)17-26(30,2)25(32)27-16-19-7-4-3-5-8-19/h3-15H,16-17H2,1-2H3,(H,27,32)/t26-/m1/s1. The van der Waals surface area contributed by atoms with Crippen LogP contribution >= 0.6 is 11.3 Å². The van der Waals surface area contributed by atoms with Crippen LogP contribution in [0.15, 0.2) is 78.2 Å². The zero-order chi connectivity index (χ0) is 23.0. The van der Waals surface area contributed by atoms with Crippen LogP contribution in [0.3, 0.4) is 0 Å². The maximum absolute atomic E-state index is 13.8. The molecule has 1 atom stereocenters. The van der Waals surface area contributed by atoms with Crippen LogP contribution in [0.25, 0.3) is 10.6 Å². The average Bonchev–Trinajstić information content (AvgIpc) is 3.49. The van der Waals surface area contributed by atoms with E-state index in [0.717, 1.165) is 21.7 Å². The Bertz CT molecular complexity index is 1300. The van der Waals surface area contributed by atoms with Crippen molar-refractivity contribution in [3.63, 3.8) is 0 Å². The van der Waals surface area contributed by atoms with E-state index in [1.165, 1.54) is 0 Å². The Morgan fingerprint density at radius 3 is 2.55 bits per heavy atom. The number of amides is 2. The summed E-state index contributed by atoms with van der Waals surface area (Å²) in [6.45, 7) is 4.45. The molecule has 2 aromatic carbocycles. The normalized spacial score (nSPS) is 17.6. The summed E-state index contributed by atoms with van der Waals surface area (Å²) >= 11 is 1.57. The molecule has 6 nitrogen and oxygen atoms in total. The molecule has 5 rings (SSSR count). The zero-order valence-corrected chi connectivity index (χ0v) is 19.3. The summed E-state index contributed by atoms with van der Waals surface area (Å²) in [6, 6.07) is 23.2. The topological polar surface area (TPSA) is 67.2 Å². The van der Waals surface area contributed by atoms with Gasteiger partial charge in [-0.1, -0.05) is 54.1 Å². The third-order valence-electron chi connectivity index (χ3n) is 6.00. The first-order chi connectivity index (χ1) is 16.0. The molecule has 0 saturated heterocycles. The molecule has 3 heterocycles. The number of fused-ring (bicyclic) bond motifs is 1. The van der Waals surface area contributed by atoms with E-state index in [1.54, 1.807) is 27.8 Å². The van der Waals surface area contributed by atoms with Gasteiger partial charge in [0.15, 0.2) is 0 Å². The highest BCUT2D eigenvalue weighted by Gasteiger charge is 2.48. The highest BCUT2D eigenvalue weighted by molar-refractivity contribution is 7.13. The molecule has 1 aliphatic rings. The average molecular weight is 457 g/mol. The molecule has 0 bridgehead atoms. The largest absolute Gasteiger partial charge is 0.350 e. The van der Waals surface area contributed by atoms with Crippen LogP contribution in [-0.2, 0) is 17.9 Å². The van der Waals surface area contributed by atoms with Gasteiger partial charge in [-0.05, 0) is 49.1 Å². The number of nitrogens with zero attached hydrogens (tertiary/aromatic N) is 3. The molecule has 0 saturated carbocycles. The Balaban J connectivity index is 1.54. The lowest BCUT2D eigenvalue weighted by Gasteiger charge is -2.43. The van der Waals surface area contributed by atoms with Gasteiger partial charge in [-0.2, -0.15) is 5.10 Å². The van der Waals surface area contributed by atoms with Crippen molar-refractivity contribution in [3.8, 4) is 10.6 Å². The van der Waals surface area contributed by atoms with Crippen LogP contribution in [0.4, 0.5) is 5.69 Å². The van der Waals surface area contributed by atoms with E-state index < -0.39 is 5.54 Å². The Labute approximate surface area is 196 Å². The maximum atomic E-state index is 13.8. The van der Waals surface area contributed by atoms with Crippen molar-refractivity contribution in [2.45, 2.75) is 32.5 Å². The third-order valence-corrected chi connectivity index (χ3v) is 6.90. The molecule has 0 spiro atoms. The molecular formula is C26H24N4O2S. The lowest BCUT2D eigenvalue weighted by Crippen LogP contribution is -2.64. The fourth-order valence-corrected chi connectivity index (χ4v) is 4.87. The van der Waals surface area contributed by atoms with Crippen molar-refractivity contribution in [2.24, 2.45) is 0 Å². The van der Waals surface area contributed by atoms with Gasteiger partial charge >= 0.3 is 0 Å². The molecule has 1 N–H and O–H groups in total. The Morgan fingerprint density at radius 1 is 1.09 bits per heavy atom. The summed E-state index contributed by atoms with van der Waals surface area (Å²) in [7, 11) is 0. The number of aromatic nitrogens is 2. The molecule has 0 radical (unpaired) electrons. The van der Waals surface area contributed by atoms with E-state index in [4.69, 9.17) is 0 Å². The van der Waals surface area contributed by atoms with E-state index in [1.807, 2.05) is 85.1 Å². The molecule has 2 aromatic heterocycles. The summed E-state index contributed by atoms with van der Waals surface area (Å²) in [4.78, 5) is 30.0. The van der Waals surface area contributed by atoms with Crippen molar-refractivity contribution < 1.29 is 9.59 Å². The molecule has 7 heteroatoms. The van der Waals surface area contributed by atoms with Gasteiger partial charge in [0.25, 0.3) is 5.91 Å². The van der Waals surface area contributed by atoms with Gasteiger partial charge < -0.3 is 5.32 Å². The molecular weight excluding hydrogens is 432 g/mol. The first-order valence-corrected chi connectivity index (χ1v) is 11.7. The Hall–Kier alpha value is -3.71. The van der Waals surface area contributed by atoms with Crippen LogP contribution in [-0.4, -0.2) is 27.1 Å². The number of nitrogens with one attached hydrogen (secondary N) is 1. The lowest BCUT2D eigenvalue weighted by atomic mass is 9.93. The first-order valence-electron chi connectivity index (χ1n) is 10.8. The minimum absolute atomic E-state index is 0.223. The molecule has 0 aliphatic carbocycles. The van der Waals surface area contributed by atoms with Crippen LogP contribution in [0, 0.1) is 6.92 Å². The van der Waals surface area contributed by atoms with Gasteiger partial charge in [-0.15, -0.1) is 11.3 Å². The minimum atomic E-state index is -1.15. The van der Waals surface area contributed by atoms with E-state index in [2.05, 4.69) is 10.4 Å². The molecule has 2 amide bonds. The van der Waals surface area contributed by atoms with Gasteiger partial charge in [-0.3, -0.25) is 19.2 Å². The van der Waals surface area contributed by atoms with Crippen molar-refractivity contribution in [2.75, 3.05) is 4.90 Å². The predicted molar refractivity (Wildman–Crippen MR) is 130 cm³/mol. The molecule has 1 aliphatic heterocycles. The number of thiophene rings is 1. The number of aryl methyl sites for hydroxylation is 1. The first kappa shape index (κ1) is 21.2. The highest BCUT2D eigenvalue weighted by Crippen LogP contribution is 2.35. The van der Waals surface area contributed by atoms with E-state index in [-0.39, 0.29) is 18.4 Å². The molecule has 33 heavy (non-hydrogen) atoms. The third kappa shape index (κ3) is 3.85. The summed E-state index contributed by atoms with van der Waals surface area (Å²) in [5.41, 5.74) is 2.85. The molecule has 4 aromatic rings. The van der Waals surface area contributed by atoms with Crippen molar-refractivity contribution >= 4 is 28.8 Å². The highest BCUT2D eigenvalue weighted by atomic mass is 32.1.